The first-order valence-corrected chi connectivity index (χ1v) is 16.7. The lowest BCUT2D eigenvalue weighted by atomic mass is 9.89. The van der Waals surface area contributed by atoms with E-state index in [4.69, 9.17) is 29.9 Å². The summed E-state index contributed by atoms with van der Waals surface area (Å²) >= 11 is 1.49. The predicted molar refractivity (Wildman–Crippen MR) is 176 cm³/mol. The van der Waals surface area contributed by atoms with Crippen LogP contribution in [0.15, 0.2) is 29.6 Å². The van der Waals surface area contributed by atoms with Gasteiger partial charge in [-0.2, -0.15) is 0 Å². The van der Waals surface area contributed by atoms with Crippen LogP contribution in [0.1, 0.15) is 66.7 Å². The third-order valence-corrected chi connectivity index (χ3v) is 9.47. The van der Waals surface area contributed by atoms with E-state index in [-0.39, 0.29) is 25.1 Å². The van der Waals surface area contributed by atoms with Crippen LogP contribution in [-0.4, -0.2) is 77.0 Å². The number of likely N-dealkylation sites (tertiary alicyclic amines) is 1. The number of nitrogens with one attached hydrogen (secondary N) is 2. The third-order valence-electron chi connectivity index (χ3n) is 8.69. The van der Waals surface area contributed by atoms with Crippen molar-refractivity contribution in [3.05, 3.63) is 29.6 Å². The molecule has 3 heterocycles. The van der Waals surface area contributed by atoms with Gasteiger partial charge in [0.15, 0.2) is 23.4 Å². The van der Waals surface area contributed by atoms with Crippen molar-refractivity contribution in [3.63, 3.8) is 0 Å². The van der Waals surface area contributed by atoms with Gasteiger partial charge in [-0.3, -0.25) is 10.1 Å². The number of pyridine rings is 1. The Morgan fingerprint density at radius 1 is 1.11 bits per heavy atom. The lowest BCUT2D eigenvalue weighted by Gasteiger charge is -2.45. The van der Waals surface area contributed by atoms with E-state index in [0.29, 0.717) is 28.4 Å². The Balaban J connectivity index is 1.49. The van der Waals surface area contributed by atoms with Gasteiger partial charge in [-0.15, -0.1) is 11.3 Å². The molecule has 248 valence electrons. The minimum Gasteiger partial charge on any atom is -0.497 e. The third kappa shape index (κ3) is 7.05. The molecule has 2 aliphatic rings. The summed E-state index contributed by atoms with van der Waals surface area (Å²) in [5.74, 6) is 0.517. The summed E-state index contributed by atoms with van der Waals surface area (Å²) in [6.45, 7) is 9.94. The van der Waals surface area contributed by atoms with Crippen molar-refractivity contribution < 1.29 is 33.1 Å². The van der Waals surface area contributed by atoms with Gasteiger partial charge in [0, 0.05) is 34.4 Å². The lowest BCUT2D eigenvalue weighted by Crippen LogP contribution is -2.70. The van der Waals surface area contributed by atoms with Crippen molar-refractivity contribution in [1.29, 1.82) is 0 Å². The van der Waals surface area contributed by atoms with Crippen LogP contribution in [0.5, 0.6) is 11.5 Å². The number of quaternary nitrogens is 1. The number of aromatic nitrogens is 2. The summed E-state index contributed by atoms with van der Waals surface area (Å²) in [5, 5.41) is 9.72. The highest BCUT2D eigenvalue weighted by molar-refractivity contribution is 7.14. The standard InChI is InChI=1S/C33H44N6O6S/c1-19(2)35-31-37-26(17-46-31)25-15-28(23-12-11-21(43-6)13-24(23)36-25)44-22-14-27(29(34)41)39(16-22,18-40)30(33(3,4)5)38-32(42)45-20-9-7-8-10-20/h11-13,15,17-20,22,27,30H,7-10,14,16H2,1-6H3,(H3-,34,35,37,38,41,42)/p+1/t22?,27-,30+,39?/m0/s1. The molecule has 12 nitrogen and oxygen atoms in total. The van der Waals surface area contributed by atoms with Crippen molar-refractivity contribution in [2.75, 3.05) is 19.0 Å². The molecule has 13 heteroatoms. The number of nitrogens with zero attached hydrogens (tertiary/aromatic N) is 3. The summed E-state index contributed by atoms with van der Waals surface area (Å²) < 4.78 is 17.4. The molecular weight excluding hydrogens is 608 g/mol. The summed E-state index contributed by atoms with van der Waals surface area (Å²) in [6.07, 6.45) is 2.38. The molecular formula is C33H45N6O6S+. The molecule has 1 aromatic carbocycles. The molecule has 3 aromatic rings. The highest BCUT2D eigenvalue weighted by Crippen LogP contribution is 2.40. The monoisotopic (exact) mass is 653 g/mol. The zero-order valence-electron chi connectivity index (χ0n) is 27.4. The maximum atomic E-state index is 13.1. The fourth-order valence-electron chi connectivity index (χ4n) is 6.68. The van der Waals surface area contributed by atoms with E-state index in [1.165, 1.54) is 11.3 Å². The molecule has 0 spiro atoms. The second-order valence-corrected chi connectivity index (χ2v) is 14.5. The number of amides is 3. The molecule has 1 aliphatic heterocycles. The van der Waals surface area contributed by atoms with Crippen molar-refractivity contribution in [2.45, 2.75) is 97.2 Å². The molecule has 2 unspecified atom stereocenters. The zero-order valence-corrected chi connectivity index (χ0v) is 28.2. The maximum Gasteiger partial charge on any atom is 0.411 e. The topological polar surface area (TPSA) is 155 Å². The fraction of sp³-hybridized carbons (Fsp3) is 0.545. The Hall–Kier alpha value is -3.97. The number of methoxy groups -OCH3 is 1. The van der Waals surface area contributed by atoms with Crippen molar-refractivity contribution in [3.8, 4) is 22.9 Å². The van der Waals surface area contributed by atoms with E-state index in [0.717, 1.165) is 42.6 Å². The number of benzene rings is 1. The van der Waals surface area contributed by atoms with Gasteiger partial charge >= 0.3 is 12.5 Å². The van der Waals surface area contributed by atoms with E-state index < -0.39 is 40.2 Å². The van der Waals surface area contributed by atoms with Gasteiger partial charge in [-0.05, 0) is 51.7 Å². The molecule has 1 aliphatic carbocycles. The highest BCUT2D eigenvalue weighted by Gasteiger charge is 2.59. The van der Waals surface area contributed by atoms with Crippen LogP contribution in [-0.2, 0) is 14.3 Å². The molecule has 5 rings (SSSR count). The molecule has 2 fully saturated rings. The maximum absolute atomic E-state index is 13.1. The zero-order chi connectivity index (χ0) is 33.2. The fourth-order valence-corrected chi connectivity index (χ4v) is 7.53. The van der Waals surface area contributed by atoms with Crippen molar-refractivity contribution in [1.82, 2.24) is 15.3 Å². The molecule has 1 saturated carbocycles. The molecule has 0 radical (unpaired) electrons. The lowest BCUT2D eigenvalue weighted by molar-refractivity contribution is -0.885. The van der Waals surface area contributed by atoms with E-state index in [2.05, 4.69) is 10.6 Å². The Morgan fingerprint density at radius 3 is 2.48 bits per heavy atom. The average Bonchev–Trinajstić information content (AvgIpc) is 3.75. The van der Waals surface area contributed by atoms with Gasteiger partial charge in [0.05, 0.1) is 24.7 Å². The molecule has 3 amide bonds. The Bertz CT molecular complexity index is 1580. The molecule has 1 saturated heterocycles. The summed E-state index contributed by atoms with van der Waals surface area (Å²) in [6, 6.07) is 6.64. The number of rotatable bonds is 11. The van der Waals surface area contributed by atoms with Gasteiger partial charge in [-0.25, -0.2) is 24.0 Å². The number of carbonyl (C=O) groups excluding carboxylic acids is 3. The number of ether oxygens (including phenoxy) is 3. The quantitative estimate of drug-likeness (QED) is 0.187. The molecule has 0 bridgehead atoms. The van der Waals surface area contributed by atoms with Crippen molar-refractivity contribution in [2.24, 2.45) is 11.1 Å². The largest absolute Gasteiger partial charge is 0.497 e. The van der Waals surface area contributed by atoms with Crippen molar-refractivity contribution >= 4 is 45.8 Å². The molecule has 4 N–H and O–H groups in total. The Labute approximate surface area is 273 Å². The number of alkyl carbamates (subject to hydrolysis) is 1. The number of nitrogens with two attached hydrogens (primary N) is 1. The Kier molecular flexibility index (Phi) is 9.73. The number of primary amides is 1. The van der Waals surface area contributed by atoms with Gasteiger partial charge < -0.3 is 25.3 Å². The van der Waals surface area contributed by atoms with Crippen LogP contribution in [0.25, 0.3) is 22.3 Å². The number of carbonyl (C=O) groups is 3. The summed E-state index contributed by atoms with van der Waals surface area (Å²) in [5.41, 5.74) is 7.24. The molecule has 2 aromatic heterocycles. The average molecular weight is 654 g/mol. The number of thiazole rings is 1. The first kappa shape index (κ1) is 33.4. The van der Waals surface area contributed by atoms with Crippen LogP contribution < -0.4 is 25.8 Å². The summed E-state index contributed by atoms with van der Waals surface area (Å²) in [4.78, 5) is 48.8. The number of hydrogen-bond donors (Lipinski definition) is 3. The van der Waals surface area contributed by atoms with E-state index in [1.54, 1.807) is 7.11 Å². The van der Waals surface area contributed by atoms with E-state index in [1.807, 2.05) is 64.3 Å². The summed E-state index contributed by atoms with van der Waals surface area (Å²) in [7, 11) is 1.59. The van der Waals surface area contributed by atoms with E-state index >= 15 is 0 Å². The Morgan fingerprint density at radius 2 is 1.85 bits per heavy atom. The second-order valence-electron chi connectivity index (χ2n) is 13.6. The predicted octanol–water partition coefficient (Wildman–Crippen LogP) is 5.21. The van der Waals surface area contributed by atoms with Crippen LogP contribution in [0.2, 0.25) is 0 Å². The highest BCUT2D eigenvalue weighted by atomic mass is 32.1. The number of anilines is 1. The number of hydrogen-bond acceptors (Lipinski definition) is 10. The smallest absolute Gasteiger partial charge is 0.411 e. The number of fused-ring (bicyclic) bond motifs is 1. The van der Waals surface area contributed by atoms with Crippen LogP contribution in [0.3, 0.4) is 0 Å². The van der Waals surface area contributed by atoms with E-state index in [9.17, 15) is 14.4 Å². The van der Waals surface area contributed by atoms with Gasteiger partial charge in [0.1, 0.15) is 29.8 Å². The minimum atomic E-state index is -0.936. The van der Waals surface area contributed by atoms with Gasteiger partial charge in [0.2, 0.25) is 0 Å². The van der Waals surface area contributed by atoms with Gasteiger partial charge in [0.25, 0.3) is 5.91 Å². The van der Waals surface area contributed by atoms with Crippen LogP contribution >= 0.6 is 11.3 Å². The first-order chi connectivity index (χ1) is 21.8. The molecule has 46 heavy (non-hydrogen) atoms. The van der Waals surface area contributed by atoms with Gasteiger partial charge in [-0.1, -0.05) is 20.8 Å². The SMILES string of the molecule is COc1ccc2c(OC3C[C@@H](C(N)=O)[N+](C=O)([C@@H](NC(=O)OC4CCCC4)C(C)(C)C)C3)cc(-c3csc(NC(C)C)n3)nc2c1. The normalized spacial score (nSPS) is 22.5. The van der Waals surface area contributed by atoms with Crippen LogP contribution in [0, 0.1) is 5.41 Å². The first-order valence-electron chi connectivity index (χ1n) is 15.8. The molecule has 4 atom stereocenters. The van der Waals surface area contributed by atoms with Crippen LogP contribution in [0.4, 0.5) is 9.93 Å². The minimum absolute atomic E-state index is 0.108. The second kappa shape index (κ2) is 13.4.